The number of rotatable bonds is 10. The summed E-state index contributed by atoms with van der Waals surface area (Å²) >= 11 is 0. The fourth-order valence-electron chi connectivity index (χ4n) is 3.57. The van der Waals surface area contributed by atoms with Crippen LogP contribution in [0.15, 0.2) is 36.9 Å². The van der Waals surface area contributed by atoms with Crippen LogP contribution in [-0.2, 0) is 27.4 Å². The fraction of sp³-hybridized carbons (Fsp3) is 0.522. The highest BCUT2D eigenvalue weighted by molar-refractivity contribution is 5.93. The lowest BCUT2D eigenvalue weighted by atomic mass is 9.91. The fourth-order valence-corrected chi connectivity index (χ4v) is 3.57. The van der Waals surface area contributed by atoms with Crippen molar-refractivity contribution in [2.24, 2.45) is 5.92 Å². The molecule has 2 amide bonds. The Balaban J connectivity index is 2.06. The Morgan fingerprint density at radius 3 is 2.57 bits per heavy atom. The lowest BCUT2D eigenvalue weighted by molar-refractivity contribution is -0.131. The van der Waals surface area contributed by atoms with Gasteiger partial charge in [-0.25, -0.2) is 4.79 Å². The van der Waals surface area contributed by atoms with Crippen molar-refractivity contribution < 1.29 is 24.2 Å². The molecule has 1 aliphatic rings. The molecular weight excluding hydrogens is 384 g/mol. The first-order chi connectivity index (χ1) is 14.4. The number of hydrogen-bond acceptors (Lipinski definition) is 5. The highest BCUT2D eigenvalue weighted by Crippen LogP contribution is 2.20. The third-order valence-corrected chi connectivity index (χ3v) is 5.56. The molecule has 30 heavy (non-hydrogen) atoms. The quantitative estimate of drug-likeness (QED) is 0.572. The topological polar surface area (TPSA) is 95.9 Å². The van der Waals surface area contributed by atoms with Gasteiger partial charge in [0.15, 0.2) is 5.78 Å². The van der Waals surface area contributed by atoms with Gasteiger partial charge in [-0.2, -0.15) is 0 Å². The molecule has 7 heteroatoms. The molecule has 164 valence electrons. The number of ketones is 1. The van der Waals surface area contributed by atoms with E-state index in [4.69, 9.17) is 9.84 Å². The van der Waals surface area contributed by atoms with Crippen LogP contribution in [0.2, 0.25) is 0 Å². The van der Waals surface area contributed by atoms with E-state index in [2.05, 4.69) is 11.9 Å². The van der Waals surface area contributed by atoms with Crippen molar-refractivity contribution in [2.45, 2.75) is 58.2 Å². The first-order valence-corrected chi connectivity index (χ1v) is 10.5. The van der Waals surface area contributed by atoms with Crippen molar-refractivity contribution in [3.05, 3.63) is 48.0 Å². The number of nitrogens with zero attached hydrogens (tertiary/aromatic N) is 1. The maximum atomic E-state index is 13.0. The van der Waals surface area contributed by atoms with Gasteiger partial charge in [-0.3, -0.25) is 14.5 Å². The molecule has 0 aromatic heterocycles. The molecule has 1 aromatic carbocycles. The molecule has 0 bridgehead atoms. The van der Waals surface area contributed by atoms with E-state index in [9.17, 15) is 14.4 Å². The lowest BCUT2D eigenvalue weighted by Gasteiger charge is -2.28. The number of ether oxygens (including phenoxy) is 1. The van der Waals surface area contributed by atoms with Gasteiger partial charge >= 0.3 is 6.09 Å². The van der Waals surface area contributed by atoms with Gasteiger partial charge in [0.05, 0.1) is 12.6 Å². The normalized spacial score (nSPS) is 17.8. The highest BCUT2D eigenvalue weighted by Gasteiger charge is 2.37. The molecule has 1 saturated heterocycles. The van der Waals surface area contributed by atoms with Crippen LogP contribution in [0.5, 0.6) is 0 Å². The van der Waals surface area contributed by atoms with Crippen molar-refractivity contribution in [3.63, 3.8) is 0 Å². The highest BCUT2D eigenvalue weighted by atomic mass is 16.6. The predicted octanol–water partition coefficient (Wildman–Crippen LogP) is 2.61. The van der Waals surface area contributed by atoms with Gasteiger partial charge in [-0.05, 0) is 29.9 Å². The summed E-state index contributed by atoms with van der Waals surface area (Å²) in [6.07, 6.45) is 3.11. The standard InChI is InChI=1S/C23H32N2O5/c1-4-13-30-23(29)25-12-6-7-19(25)22(28)24-21(16(3)5-2)20(27)14-17-8-10-18(15-26)11-9-17/h4,8-11,16,19,21,26H,1,5-7,12-15H2,2-3H3,(H,24,28)/t16-,19+,21-/m0/s1. The summed E-state index contributed by atoms with van der Waals surface area (Å²) in [5, 5.41) is 12.1. The largest absolute Gasteiger partial charge is 0.445 e. The van der Waals surface area contributed by atoms with Gasteiger partial charge < -0.3 is 15.2 Å². The molecule has 3 atom stereocenters. The van der Waals surface area contributed by atoms with E-state index in [1.165, 1.54) is 11.0 Å². The van der Waals surface area contributed by atoms with E-state index in [0.717, 1.165) is 17.5 Å². The summed E-state index contributed by atoms with van der Waals surface area (Å²) in [6.45, 7) is 7.92. The van der Waals surface area contributed by atoms with E-state index < -0.39 is 18.2 Å². The summed E-state index contributed by atoms with van der Waals surface area (Å²) < 4.78 is 5.08. The maximum Gasteiger partial charge on any atom is 0.410 e. The van der Waals surface area contributed by atoms with E-state index in [1.54, 1.807) is 12.1 Å². The Bertz CT molecular complexity index is 746. The number of carbonyl (C=O) groups is 3. The van der Waals surface area contributed by atoms with E-state index in [-0.39, 0.29) is 37.2 Å². The number of hydrogen-bond donors (Lipinski definition) is 2. The van der Waals surface area contributed by atoms with Gasteiger partial charge in [-0.15, -0.1) is 0 Å². The second-order valence-corrected chi connectivity index (χ2v) is 7.71. The Labute approximate surface area is 178 Å². The van der Waals surface area contributed by atoms with Gasteiger partial charge in [0.1, 0.15) is 12.6 Å². The second-order valence-electron chi connectivity index (χ2n) is 7.71. The molecule has 0 unspecified atom stereocenters. The van der Waals surface area contributed by atoms with Gasteiger partial charge in [0, 0.05) is 13.0 Å². The van der Waals surface area contributed by atoms with E-state index >= 15 is 0 Å². The van der Waals surface area contributed by atoms with Crippen molar-refractivity contribution in [1.29, 1.82) is 0 Å². The third kappa shape index (κ3) is 6.16. The number of amides is 2. The summed E-state index contributed by atoms with van der Waals surface area (Å²) in [4.78, 5) is 39.6. The predicted molar refractivity (Wildman–Crippen MR) is 114 cm³/mol. The minimum Gasteiger partial charge on any atom is -0.445 e. The molecule has 0 saturated carbocycles. The van der Waals surface area contributed by atoms with Gasteiger partial charge in [-0.1, -0.05) is 57.2 Å². The molecule has 0 spiro atoms. The molecule has 7 nitrogen and oxygen atoms in total. The minimum atomic E-state index is -0.634. The number of carbonyl (C=O) groups excluding carboxylic acids is 3. The van der Waals surface area contributed by atoms with Crippen LogP contribution >= 0.6 is 0 Å². The zero-order valence-electron chi connectivity index (χ0n) is 17.8. The second kappa shape index (κ2) is 11.5. The SMILES string of the molecule is C=CCOC(=O)N1CCC[C@@H]1C(=O)N[C@H](C(=O)Cc1ccc(CO)cc1)[C@@H](C)CC. The zero-order valence-corrected chi connectivity index (χ0v) is 17.8. The van der Waals surface area contributed by atoms with Crippen molar-refractivity contribution in [2.75, 3.05) is 13.2 Å². The number of aliphatic hydroxyl groups is 1. The monoisotopic (exact) mass is 416 g/mol. The van der Waals surface area contributed by atoms with Crippen LogP contribution in [-0.4, -0.2) is 53.0 Å². The number of Topliss-reactive ketones (excluding diaryl/α,β-unsaturated/α-hetero) is 1. The van der Waals surface area contributed by atoms with Gasteiger partial charge in [0.2, 0.25) is 5.91 Å². The van der Waals surface area contributed by atoms with Crippen molar-refractivity contribution in [1.82, 2.24) is 10.2 Å². The van der Waals surface area contributed by atoms with E-state index in [1.807, 2.05) is 26.0 Å². The Kier molecular flexibility index (Phi) is 9.05. The molecule has 2 rings (SSSR count). The minimum absolute atomic E-state index is 0.0410. The van der Waals surface area contributed by atoms with Crippen LogP contribution < -0.4 is 5.32 Å². The van der Waals surface area contributed by atoms with Crippen LogP contribution in [0.25, 0.3) is 0 Å². The Morgan fingerprint density at radius 2 is 1.97 bits per heavy atom. The van der Waals surface area contributed by atoms with Gasteiger partial charge in [0.25, 0.3) is 0 Å². The molecule has 1 aromatic rings. The summed E-state index contributed by atoms with van der Waals surface area (Å²) in [6, 6.07) is 5.92. The smallest absolute Gasteiger partial charge is 0.410 e. The number of likely N-dealkylation sites (tertiary alicyclic amines) is 1. The van der Waals surface area contributed by atoms with E-state index in [0.29, 0.717) is 19.4 Å². The maximum absolute atomic E-state index is 13.0. The third-order valence-electron chi connectivity index (χ3n) is 5.56. The van der Waals surface area contributed by atoms with Crippen LogP contribution in [0.1, 0.15) is 44.2 Å². The van der Waals surface area contributed by atoms with Crippen LogP contribution in [0.3, 0.4) is 0 Å². The molecule has 1 aliphatic heterocycles. The Hall–Kier alpha value is -2.67. The molecule has 1 fully saturated rings. The van der Waals surface area contributed by atoms with Crippen molar-refractivity contribution in [3.8, 4) is 0 Å². The Morgan fingerprint density at radius 1 is 1.30 bits per heavy atom. The molecule has 0 aliphatic carbocycles. The number of aliphatic hydroxyl groups excluding tert-OH is 1. The molecule has 0 radical (unpaired) electrons. The lowest BCUT2D eigenvalue weighted by Crippen LogP contribution is -2.53. The summed E-state index contributed by atoms with van der Waals surface area (Å²) in [5.74, 6) is -0.439. The van der Waals surface area contributed by atoms with Crippen LogP contribution in [0, 0.1) is 5.92 Å². The molecule has 1 heterocycles. The first kappa shape index (κ1) is 23.6. The van der Waals surface area contributed by atoms with Crippen LogP contribution in [0.4, 0.5) is 4.79 Å². The molecule has 2 N–H and O–H groups in total. The zero-order chi connectivity index (χ0) is 22.1. The number of nitrogens with one attached hydrogen (secondary N) is 1. The summed E-state index contributed by atoms with van der Waals surface area (Å²) in [7, 11) is 0. The first-order valence-electron chi connectivity index (χ1n) is 10.5. The average Bonchev–Trinajstić information content (AvgIpc) is 3.25. The van der Waals surface area contributed by atoms with Crippen molar-refractivity contribution >= 4 is 17.8 Å². The number of benzene rings is 1. The summed E-state index contributed by atoms with van der Waals surface area (Å²) in [5.41, 5.74) is 1.61. The molecular formula is C23H32N2O5. The average molecular weight is 417 g/mol.